The van der Waals surface area contributed by atoms with E-state index >= 15 is 0 Å². The minimum Gasteiger partial charge on any atom is -0.326 e. The Morgan fingerprint density at radius 3 is 2.50 bits per heavy atom. The summed E-state index contributed by atoms with van der Waals surface area (Å²) in [6, 6.07) is 6.79. The van der Waals surface area contributed by atoms with Gasteiger partial charge in [0.2, 0.25) is 0 Å². The molecule has 2 rings (SSSR count). The molecule has 1 atom stereocenters. The molecular formula is C12H16F2N2. The molecule has 16 heavy (non-hydrogen) atoms. The van der Waals surface area contributed by atoms with Crippen LogP contribution in [0.3, 0.4) is 0 Å². The molecule has 88 valence electrons. The summed E-state index contributed by atoms with van der Waals surface area (Å²) in [6.45, 7) is 2.70. The molecule has 2 nitrogen and oxygen atoms in total. The SMILES string of the molecule is N[C@@H]1CCN(Cc2ccc(C(F)F)cc2)C1. The van der Waals surface area contributed by atoms with Gasteiger partial charge in [0.15, 0.2) is 0 Å². The molecule has 1 aliphatic heterocycles. The van der Waals surface area contributed by atoms with Gasteiger partial charge in [0.05, 0.1) is 0 Å². The van der Waals surface area contributed by atoms with Crippen LogP contribution in [0.1, 0.15) is 24.0 Å². The van der Waals surface area contributed by atoms with E-state index in [1.54, 1.807) is 12.1 Å². The number of nitrogens with two attached hydrogens (primary N) is 1. The molecule has 0 amide bonds. The van der Waals surface area contributed by atoms with E-state index in [1.165, 1.54) is 12.1 Å². The number of likely N-dealkylation sites (tertiary alicyclic amines) is 1. The zero-order valence-electron chi connectivity index (χ0n) is 9.07. The lowest BCUT2D eigenvalue weighted by molar-refractivity contribution is 0.151. The van der Waals surface area contributed by atoms with E-state index in [2.05, 4.69) is 4.90 Å². The summed E-state index contributed by atoms with van der Waals surface area (Å²) in [6.07, 6.45) is -1.36. The second-order valence-corrected chi connectivity index (χ2v) is 4.33. The van der Waals surface area contributed by atoms with E-state index in [1.807, 2.05) is 0 Å². The number of hydrogen-bond donors (Lipinski definition) is 1. The Hall–Kier alpha value is -1.00. The first-order valence-electron chi connectivity index (χ1n) is 5.50. The number of benzene rings is 1. The van der Waals surface area contributed by atoms with Gasteiger partial charge in [0, 0.05) is 31.2 Å². The Labute approximate surface area is 94.0 Å². The standard InChI is InChI=1S/C12H16F2N2/c13-12(14)10-3-1-9(2-4-10)7-16-6-5-11(15)8-16/h1-4,11-12H,5-8,15H2/t11-/m1/s1. The maximum absolute atomic E-state index is 12.3. The lowest BCUT2D eigenvalue weighted by Gasteiger charge is -2.15. The fourth-order valence-corrected chi connectivity index (χ4v) is 2.03. The molecule has 0 aromatic heterocycles. The third-order valence-electron chi connectivity index (χ3n) is 2.95. The monoisotopic (exact) mass is 226 g/mol. The lowest BCUT2D eigenvalue weighted by atomic mass is 10.1. The van der Waals surface area contributed by atoms with Crippen LogP contribution in [0, 0.1) is 0 Å². The van der Waals surface area contributed by atoms with Crippen molar-refractivity contribution in [2.45, 2.75) is 25.4 Å². The predicted octanol–water partition coefficient (Wildman–Crippen LogP) is 2.16. The molecule has 0 bridgehead atoms. The average molecular weight is 226 g/mol. The third-order valence-corrected chi connectivity index (χ3v) is 2.95. The second kappa shape index (κ2) is 4.89. The maximum atomic E-state index is 12.3. The van der Waals surface area contributed by atoms with Crippen molar-refractivity contribution in [2.24, 2.45) is 5.73 Å². The van der Waals surface area contributed by atoms with Crippen molar-refractivity contribution in [3.05, 3.63) is 35.4 Å². The van der Waals surface area contributed by atoms with E-state index in [9.17, 15) is 8.78 Å². The highest BCUT2D eigenvalue weighted by atomic mass is 19.3. The molecule has 1 aromatic carbocycles. The van der Waals surface area contributed by atoms with Crippen LogP contribution < -0.4 is 5.73 Å². The molecule has 1 heterocycles. The third kappa shape index (κ3) is 2.77. The Morgan fingerprint density at radius 2 is 2.00 bits per heavy atom. The maximum Gasteiger partial charge on any atom is 0.263 e. The molecule has 2 N–H and O–H groups in total. The Balaban J connectivity index is 1.95. The molecular weight excluding hydrogens is 210 g/mol. The van der Waals surface area contributed by atoms with Crippen LogP contribution in [-0.2, 0) is 6.54 Å². The number of rotatable bonds is 3. The zero-order valence-corrected chi connectivity index (χ0v) is 9.07. The van der Waals surface area contributed by atoms with Crippen LogP contribution >= 0.6 is 0 Å². The number of hydrogen-bond acceptors (Lipinski definition) is 2. The summed E-state index contributed by atoms with van der Waals surface area (Å²) in [5, 5.41) is 0. The van der Waals surface area contributed by atoms with Gasteiger partial charge in [-0.1, -0.05) is 24.3 Å². The van der Waals surface area contributed by atoms with Gasteiger partial charge in [-0.15, -0.1) is 0 Å². The molecule has 0 unspecified atom stereocenters. The van der Waals surface area contributed by atoms with Gasteiger partial charge in [-0.3, -0.25) is 4.90 Å². The second-order valence-electron chi connectivity index (χ2n) is 4.33. The molecule has 1 fully saturated rings. The van der Waals surface area contributed by atoms with Crippen molar-refractivity contribution in [1.29, 1.82) is 0 Å². The van der Waals surface area contributed by atoms with E-state index < -0.39 is 6.43 Å². The van der Waals surface area contributed by atoms with E-state index in [0.717, 1.165) is 31.6 Å². The number of halogens is 2. The first-order valence-corrected chi connectivity index (χ1v) is 5.50. The molecule has 1 aromatic rings. The van der Waals surface area contributed by atoms with Crippen molar-refractivity contribution >= 4 is 0 Å². The summed E-state index contributed by atoms with van der Waals surface area (Å²) < 4.78 is 24.7. The van der Waals surface area contributed by atoms with Gasteiger partial charge in [0.25, 0.3) is 6.43 Å². The fourth-order valence-electron chi connectivity index (χ4n) is 2.03. The lowest BCUT2D eigenvalue weighted by Crippen LogP contribution is -2.26. The molecule has 0 aliphatic carbocycles. The van der Waals surface area contributed by atoms with Crippen LogP contribution in [0.5, 0.6) is 0 Å². The van der Waals surface area contributed by atoms with Gasteiger partial charge in [-0.25, -0.2) is 8.78 Å². The topological polar surface area (TPSA) is 29.3 Å². The summed E-state index contributed by atoms with van der Waals surface area (Å²) >= 11 is 0. The van der Waals surface area contributed by atoms with Crippen molar-refractivity contribution in [1.82, 2.24) is 4.90 Å². The van der Waals surface area contributed by atoms with E-state index in [4.69, 9.17) is 5.73 Å². The van der Waals surface area contributed by atoms with Gasteiger partial charge < -0.3 is 5.73 Å². The first kappa shape index (κ1) is 11.5. The molecule has 0 saturated carbocycles. The summed E-state index contributed by atoms with van der Waals surface area (Å²) in [7, 11) is 0. The molecule has 0 radical (unpaired) electrons. The Bertz CT molecular complexity index is 337. The Morgan fingerprint density at radius 1 is 1.31 bits per heavy atom. The fraction of sp³-hybridized carbons (Fsp3) is 0.500. The van der Waals surface area contributed by atoms with Crippen LogP contribution in [-0.4, -0.2) is 24.0 Å². The number of nitrogens with zero attached hydrogens (tertiary/aromatic N) is 1. The summed E-state index contributed by atoms with van der Waals surface area (Å²) in [5.74, 6) is 0. The van der Waals surface area contributed by atoms with Crippen molar-refractivity contribution < 1.29 is 8.78 Å². The summed E-state index contributed by atoms with van der Waals surface area (Å²) in [5.41, 5.74) is 6.95. The van der Waals surface area contributed by atoms with E-state index in [0.29, 0.717) is 0 Å². The Kier molecular flexibility index (Phi) is 3.51. The highest BCUT2D eigenvalue weighted by Gasteiger charge is 2.18. The number of alkyl halides is 2. The molecule has 4 heteroatoms. The van der Waals surface area contributed by atoms with Crippen molar-refractivity contribution in [3.8, 4) is 0 Å². The van der Waals surface area contributed by atoms with Crippen LogP contribution in [0.15, 0.2) is 24.3 Å². The highest BCUT2D eigenvalue weighted by molar-refractivity contribution is 5.23. The molecule has 1 aliphatic rings. The minimum absolute atomic E-state index is 0.0851. The normalized spacial score (nSPS) is 21.9. The van der Waals surface area contributed by atoms with Gasteiger partial charge in [0.1, 0.15) is 0 Å². The largest absolute Gasteiger partial charge is 0.326 e. The van der Waals surface area contributed by atoms with Gasteiger partial charge >= 0.3 is 0 Å². The van der Waals surface area contributed by atoms with Crippen molar-refractivity contribution in [2.75, 3.05) is 13.1 Å². The molecule has 1 saturated heterocycles. The first-order chi connectivity index (χ1) is 7.65. The average Bonchev–Trinajstić information content (AvgIpc) is 2.65. The smallest absolute Gasteiger partial charge is 0.263 e. The highest BCUT2D eigenvalue weighted by Crippen LogP contribution is 2.20. The van der Waals surface area contributed by atoms with Crippen LogP contribution in [0.4, 0.5) is 8.78 Å². The van der Waals surface area contributed by atoms with Crippen LogP contribution in [0.25, 0.3) is 0 Å². The minimum atomic E-state index is -2.38. The predicted molar refractivity (Wildman–Crippen MR) is 59.3 cm³/mol. The van der Waals surface area contributed by atoms with Crippen molar-refractivity contribution in [3.63, 3.8) is 0 Å². The quantitative estimate of drug-likeness (QED) is 0.855. The van der Waals surface area contributed by atoms with Gasteiger partial charge in [-0.2, -0.15) is 0 Å². The van der Waals surface area contributed by atoms with Crippen LogP contribution in [0.2, 0.25) is 0 Å². The van der Waals surface area contributed by atoms with Gasteiger partial charge in [-0.05, 0) is 12.0 Å². The molecule has 0 spiro atoms. The zero-order chi connectivity index (χ0) is 11.5. The summed E-state index contributed by atoms with van der Waals surface area (Å²) in [4.78, 5) is 2.25. The van der Waals surface area contributed by atoms with E-state index in [-0.39, 0.29) is 11.6 Å².